The van der Waals surface area contributed by atoms with Crippen molar-refractivity contribution >= 4 is 5.97 Å². The number of alkyl halides is 3. The molecule has 0 aliphatic rings. The summed E-state index contributed by atoms with van der Waals surface area (Å²) >= 11 is 0. The van der Waals surface area contributed by atoms with Crippen LogP contribution in [0, 0.1) is 0 Å². The Balaban J connectivity index is 3.12. The highest BCUT2D eigenvalue weighted by Crippen LogP contribution is 2.16. The van der Waals surface area contributed by atoms with Crippen LogP contribution in [0.5, 0.6) is 0 Å². The van der Waals surface area contributed by atoms with E-state index < -0.39 is 18.8 Å². The van der Waals surface area contributed by atoms with Crippen LogP contribution in [0.15, 0.2) is 0 Å². The number of carbonyl (C=O) groups is 1. The Morgan fingerprint density at radius 2 is 1.13 bits per heavy atom. The van der Waals surface area contributed by atoms with E-state index in [1.165, 1.54) is 0 Å². The molecule has 0 saturated carbocycles. The Bertz CT molecular complexity index is 286. The number of rotatable bonds is 15. The molecular weight excluding hydrogens is 321 g/mol. The summed E-state index contributed by atoms with van der Waals surface area (Å²) in [7, 11) is 0. The molecule has 0 radical (unpaired) electrons. The molecule has 9 heteroatoms. The molecule has 0 heterocycles. The second-order valence-corrected chi connectivity index (χ2v) is 4.44. The molecule has 0 amide bonds. The van der Waals surface area contributed by atoms with Gasteiger partial charge in [0.2, 0.25) is 0 Å². The third-order valence-corrected chi connectivity index (χ3v) is 2.45. The van der Waals surface area contributed by atoms with Crippen molar-refractivity contribution in [3.63, 3.8) is 0 Å². The topological polar surface area (TPSA) is 63.2 Å². The molecule has 0 spiro atoms. The van der Waals surface area contributed by atoms with Gasteiger partial charge in [-0.25, -0.2) is 4.79 Å². The van der Waals surface area contributed by atoms with Crippen LogP contribution >= 0.6 is 0 Å². The molecule has 0 N–H and O–H groups in total. The second-order valence-electron chi connectivity index (χ2n) is 4.44. The quantitative estimate of drug-likeness (QED) is 0.334. The normalized spacial score (nSPS) is 11.7. The monoisotopic (exact) mass is 346 g/mol. The molecule has 0 aromatic rings. The third-order valence-electron chi connectivity index (χ3n) is 2.45. The van der Waals surface area contributed by atoms with Gasteiger partial charge in [0.1, 0.15) is 6.61 Å². The molecule has 6 nitrogen and oxygen atoms in total. The standard InChI is InChI=1S/C14H25F3O6/c1-2-3-4-19-5-6-20-7-8-21-9-10-22-11-12-23-13(18)14(15,16)17/h2-12H2,1H3. The summed E-state index contributed by atoms with van der Waals surface area (Å²) in [6.45, 7) is 4.64. The molecular formula is C14H25F3O6. The van der Waals surface area contributed by atoms with E-state index in [4.69, 9.17) is 18.9 Å². The molecule has 23 heavy (non-hydrogen) atoms. The van der Waals surface area contributed by atoms with Crippen LogP contribution in [-0.4, -0.2) is 71.6 Å². The minimum Gasteiger partial charge on any atom is -0.457 e. The Morgan fingerprint density at radius 3 is 1.52 bits per heavy atom. The fraction of sp³-hybridized carbons (Fsp3) is 0.929. The molecule has 0 fully saturated rings. The Morgan fingerprint density at radius 1 is 0.739 bits per heavy atom. The van der Waals surface area contributed by atoms with Gasteiger partial charge in [0.15, 0.2) is 0 Å². The van der Waals surface area contributed by atoms with Crippen LogP contribution in [0.3, 0.4) is 0 Å². The van der Waals surface area contributed by atoms with Crippen LogP contribution in [0.2, 0.25) is 0 Å². The van der Waals surface area contributed by atoms with Crippen LogP contribution < -0.4 is 0 Å². The van der Waals surface area contributed by atoms with Gasteiger partial charge in [0, 0.05) is 6.61 Å². The van der Waals surface area contributed by atoms with E-state index in [2.05, 4.69) is 11.7 Å². The first kappa shape index (κ1) is 22.1. The number of hydrogen-bond acceptors (Lipinski definition) is 6. The van der Waals surface area contributed by atoms with Crippen LogP contribution in [0.4, 0.5) is 13.2 Å². The molecule has 0 saturated heterocycles. The molecule has 0 aromatic heterocycles. The lowest BCUT2D eigenvalue weighted by atomic mass is 10.4. The smallest absolute Gasteiger partial charge is 0.457 e. The highest BCUT2D eigenvalue weighted by atomic mass is 19.4. The van der Waals surface area contributed by atoms with Crippen LogP contribution in [-0.2, 0) is 28.5 Å². The summed E-state index contributed by atoms with van der Waals surface area (Å²) in [6, 6.07) is 0. The van der Waals surface area contributed by atoms with Gasteiger partial charge in [-0.1, -0.05) is 13.3 Å². The number of esters is 1. The van der Waals surface area contributed by atoms with Crippen LogP contribution in [0.25, 0.3) is 0 Å². The Kier molecular flexibility index (Phi) is 14.1. The molecule has 0 unspecified atom stereocenters. The van der Waals surface area contributed by atoms with E-state index in [1.54, 1.807) is 0 Å². The lowest BCUT2D eigenvalue weighted by Gasteiger charge is -2.08. The lowest BCUT2D eigenvalue weighted by molar-refractivity contribution is -0.200. The molecule has 0 atom stereocenters. The van der Waals surface area contributed by atoms with Crippen molar-refractivity contribution in [3.05, 3.63) is 0 Å². The van der Waals surface area contributed by atoms with Gasteiger partial charge in [-0.15, -0.1) is 0 Å². The number of carbonyl (C=O) groups excluding carboxylic acids is 1. The average Bonchev–Trinajstić information content (AvgIpc) is 2.50. The van der Waals surface area contributed by atoms with Crippen molar-refractivity contribution in [1.82, 2.24) is 0 Å². The van der Waals surface area contributed by atoms with Crippen molar-refractivity contribution < 1.29 is 41.7 Å². The largest absolute Gasteiger partial charge is 0.490 e. The zero-order valence-electron chi connectivity index (χ0n) is 13.4. The van der Waals surface area contributed by atoms with Gasteiger partial charge < -0.3 is 23.7 Å². The first-order valence-corrected chi connectivity index (χ1v) is 7.53. The van der Waals surface area contributed by atoms with E-state index in [9.17, 15) is 18.0 Å². The van der Waals surface area contributed by atoms with Gasteiger partial charge >= 0.3 is 12.1 Å². The number of unbranched alkanes of at least 4 members (excludes halogenated alkanes) is 1. The molecule has 0 bridgehead atoms. The van der Waals surface area contributed by atoms with Crippen molar-refractivity contribution in [2.24, 2.45) is 0 Å². The van der Waals surface area contributed by atoms with Gasteiger partial charge in [-0.2, -0.15) is 13.2 Å². The van der Waals surface area contributed by atoms with Gasteiger partial charge in [0.05, 0.1) is 46.2 Å². The van der Waals surface area contributed by atoms with E-state index in [0.29, 0.717) is 26.4 Å². The first-order valence-electron chi connectivity index (χ1n) is 7.53. The van der Waals surface area contributed by atoms with Crippen molar-refractivity contribution in [2.45, 2.75) is 25.9 Å². The summed E-state index contributed by atoms with van der Waals surface area (Å²) in [5.74, 6) is -2.21. The average molecular weight is 346 g/mol. The van der Waals surface area contributed by atoms with Crippen molar-refractivity contribution in [1.29, 1.82) is 0 Å². The maximum atomic E-state index is 11.8. The van der Waals surface area contributed by atoms with Crippen LogP contribution in [0.1, 0.15) is 19.8 Å². The first-order chi connectivity index (χ1) is 11.0. The van der Waals surface area contributed by atoms with Gasteiger partial charge in [0.25, 0.3) is 0 Å². The van der Waals surface area contributed by atoms with Crippen molar-refractivity contribution in [3.8, 4) is 0 Å². The summed E-state index contributed by atoms with van der Waals surface area (Å²) in [5.41, 5.74) is 0. The maximum Gasteiger partial charge on any atom is 0.490 e. The minimum absolute atomic E-state index is 0.114. The molecule has 0 aliphatic carbocycles. The Labute approximate surface area is 134 Å². The molecule has 0 aromatic carbocycles. The third kappa shape index (κ3) is 15.8. The minimum atomic E-state index is -4.97. The predicted molar refractivity (Wildman–Crippen MR) is 75.2 cm³/mol. The zero-order valence-corrected chi connectivity index (χ0v) is 13.4. The van der Waals surface area contributed by atoms with E-state index >= 15 is 0 Å². The van der Waals surface area contributed by atoms with E-state index in [-0.39, 0.29) is 19.8 Å². The lowest BCUT2D eigenvalue weighted by Crippen LogP contribution is -2.26. The van der Waals surface area contributed by atoms with E-state index in [1.807, 2.05) is 0 Å². The van der Waals surface area contributed by atoms with Gasteiger partial charge in [-0.05, 0) is 6.42 Å². The SMILES string of the molecule is CCCCOCCOCCOCCOCCOC(=O)C(F)(F)F. The van der Waals surface area contributed by atoms with Crippen molar-refractivity contribution in [2.75, 3.05) is 59.5 Å². The highest BCUT2D eigenvalue weighted by molar-refractivity contribution is 5.75. The maximum absolute atomic E-state index is 11.8. The predicted octanol–water partition coefficient (Wildman–Crippen LogP) is 1.96. The summed E-state index contributed by atoms with van der Waals surface area (Å²) < 4.78 is 60.0. The number of hydrogen-bond donors (Lipinski definition) is 0. The second kappa shape index (κ2) is 14.7. The molecule has 0 rings (SSSR count). The van der Waals surface area contributed by atoms with E-state index in [0.717, 1.165) is 19.4 Å². The Hall–Kier alpha value is -0.900. The number of halogens is 3. The zero-order chi connectivity index (χ0) is 17.4. The summed E-state index contributed by atoms with van der Waals surface area (Å²) in [5, 5.41) is 0. The summed E-state index contributed by atoms with van der Waals surface area (Å²) in [4.78, 5) is 10.3. The molecule has 138 valence electrons. The number of ether oxygens (including phenoxy) is 5. The highest BCUT2D eigenvalue weighted by Gasteiger charge is 2.40. The fourth-order valence-corrected chi connectivity index (χ4v) is 1.28. The summed E-state index contributed by atoms with van der Waals surface area (Å²) in [6.07, 6.45) is -2.83. The molecule has 0 aliphatic heterocycles. The fourth-order valence-electron chi connectivity index (χ4n) is 1.28. The van der Waals surface area contributed by atoms with Gasteiger partial charge in [-0.3, -0.25) is 0 Å².